The minimum atomic E-state index is -0.504. The second-order valence-electron chi connectivity index (χ2n) is 5.09. The molecule has 0 aliphatic carbocycles. The number of benzene rings is 2. The minimum Gasteiger partial charge on any atom is -0.350 e. The lowest BCUT2D eigenvalue weighted by Crippen LogP contribution is -2.11. The zero-order valence-electron chi connectivity index (χ0n) is 12.1. The number of aromatic nitrogens is 1. The number of hydrogen-bond donors (Lipinski definition) is 2. The third-order valence-corrected chi connectivity index (χ3v) is 3.61. The molecule has 1 amide bonds. The topological polar surface area (TPSA) is 62.0 Å². The molecule has 0 aliphatic rings. The lowest BCUT2D eigenvalue weighted by atomic mass is 10.1. The number of rotatable bonds is 3. The summed E-state index contributed by atoms with van der Waals surface area (Å²) in [5.74, 6) is -1.23. The van der Waals surface area contributed by atoms with E-state index in [-0.39, 0.29) is 17.2 Å². The quantitative estimate of drug-likeness (QED) is 0.709. The van der Waals surface area contributed by atoms with Crippen LogP contribution in [-0.2, 0) is 4.79 Å². The maximum Gasteiger partial charge on any atom is 0.221 e. The van der Waals surface area contributed by atoms with E-state index in [1.165, 1.54) is 25.1 Å². The molecular weight excluding hydrogens is 319 g/mol. The van der Waals surface area contributed by atoms with Crippen LogP contribution in [0.2, 0.25) is 5.02 Å². The largest absolute Gasteiger partial charge is 0.350 e. The summed E-state index contributed by atoms with van der Waals surface area (Å²) in [4.78, 5) is 27.1. The van der Waals surface area contributed by atoms with Crippen molar-refractivity contribution in [2.45, 2.75) is 6.92 Å². The van der Waals surface area contributed by atoms with Gasteiger partial charge in [0, 0.05) is 28.4 Å². The van der Waals surface area contributed by atoms with Crippen molar-refractivity contribution in [3.63, 3.8) is 0 Å². The molecule has 1 aromatic heterocycles. The Hall–Kier alpha value is -2.66. The van der Waals surface area contributed by atoms with Crippen molar-refractivity contribution in [2.24, 2.45) is 0 Å². The minimum absolute atomic E-state index is 0.183. The van der Waals surface area contributed by atoms with E-state index >= 15 is 0 Å². The van der Waals surface area contributed by atoms with Gasteiger partial charge in [-0.2, -0.15) is 0 Å². The van der Waals surface area contributed by atoms with Crippen molar-refractivity contribution in [2.75, 3.05) is 5.32 Å². The molecular formula is C17H12ClFN2O2. The number of carbonyl (C=O) groups excluding carboxylic acids is 2. The molecule has 1 heterocycles. The Morgan fingerprint density at radius 3 is 2.65 bits per heavy atom. The van der Waals surface area contributed by atoms with Crippen molar-refractivity contribution in [3.8, 4) is 0 Å². The van der Waals surface area contributed by atoms with Crippen molar-refractivity contribution in [3.05, 3.63) is 64.6 Å². The van der Waals surface area contributed by atoms with E-state index in [0.29, 0.717) is 21.6 Å². The highest BCUT2D eigenvalue weighted by molar-refractivity contribution is 6.31. The van der Waals surface area contributed by atoms with Gasteiger partial charge in [0.25, 0.3) is 0 Å². The van der Waals surface area contributed by atoms with E-state index in [2.05, 4.69) is 10.3 Å². The second kappa shape index (κ2) is 5.85. The van der Waals surface area contributed by atoms with E-state index in [4.69, 9.17) is 11.6 Å². The third kappa shape index (κ3) is 2.96. The van der Waals surface area contributed by atoms with Gasteiger partial charge >= 0.3 is 0 Å². The van der Waals surface area contributed by atoms with Crippen LogP contribution >= 0.6 is 11.6 Å². The monoisotopic (exact) mass is 330 g/mol. The number of nitrogens with one attached hydrogen (secondary N) is 2. The van der Waals surface area contributed by atoms with Gasteiger partial charge in [0.15, 0.2) is 0 Å². The first-order valence-corrected chi connectivity index (χ1v) is 7.22. The first kappa shape index (κ1) is 15.2. The Labute approximate surface area is 136 Å². The fourth-order valence-corrected chi connectivity index (χ4v) is 2.59. The van der Waals surface area contributed by atoms with Crippen LogP contribution in [0.15, 0.2) is 42.5 Å². The molecule has 0 radical (unpaired) electrons. The summed E-state index contributed by atoms with van der Waals surface area (Å²) in [7, 11) is 0. The third-order valence-electron chi connectivity index (χ3n) is 3.38. The number of amides is 1. The lowest BCUT2D eigenvalue weighted by Gasteiger charge is -2.05. The Morgan fingerprint density at radius 1 is 1.17 bits per heavy atom. The number of ketones is 1. The summed E-state index contributed by atoms with van der Waals surface area (Å²) in [6.45, 7) is 1.35. The van der Waals surface area contributed by atoms with Crippen LogP contribution in [0.4, 0.5) is 10.1 Å². The summed E-state index contributed by atoms with van der Waals surface area (Å²) >= 11 is 5.96. The van der Waals surface area contributed by atoms with Gasteiger partial charge in [0.2, 0.25) is 11.7 Å². The summed E-state index contributed by atoms with van der Waals surface area (Å²) < 4.78 is 13.4. The molecule has 0 fully saturated rings. The second-order valence-corrected chi connectivity index (χ2v) is 5.52. The SMILES string of the molecule is CC(=O)Nc1c(C(=O)c2cccc(F)c2)[nH]c2cc(Cl)ccc12. The highest BCUT2D eigenvalue weighted by atomic mass is 35.5. The van der Waals surface area contributed by atoms with E-state index in [0.717, 1.165) is 6.07 Å². The summed E-state index contributed by atoms with van der Waals surface area (Å²) in [6.07, 6.45) is 0. The van der Waals surface area contributed by atoms with Crippen LogP contribution in [0.5, 0.6) is 0 Å². The smallest absolute Gasteiger partial charge is 0.221 e. The van der Waals surface area contributed by atoms with Gasteiger partial charge in [0.05, 0.1) is 5.69 Å². The van der Waals surface area contributed by atoms with Crippen LogP contribution in [0.25, 0.3) is 10.9 Å². The summed E-state index contributed by atoms with van der Waals surface area (Å²) in [5, 5.41) is 3.81. The molecule has 0 saturated heterocycles. The Bertz CT molecular complexity index is 933. The zero-order chi connectivity index (χ0) is 16.6. The number of carbonyl (C=O) groups is 2. The molecule has 6 heteroatoms. The summed E-state index contributed by atoms with van der Waals surface area (Å²) in [6, 6.07) is 10.4. The predicted octanol–water partition coefficient (Wildman–Crippen LogP) is 4.15. The molecule has 116 valence electrons. The highest BCUT2D eigenvalue weighted by Crippen LogP contribution is 2.31. The molecule has 2 N–H and O–H groups in total. The molecule has 3 rings (SSSR count). The lowest BCUT2D eigenvalue weighted by molar-refractivity contribution is -0.114. The van der Waals surface area contributed by atoms with Crippen molar-refractivity contribution < 1.29 is 14.0 Å². The average molecular weight is 331 g/mol. The molecule has 0 atom stereocenters. The molecule has 0 aliphatic heterocycles. The number of anilines is 1. The number of fused-ring (bicyclic) bond motifs is 1. The number of H-pyrrole nitrogens is 1. The average Bonchev–Trinajstić information content (AvgIpc) is 2.83. The van der Waals surface area contributed by atoms with Crippen LogP contribution in [0, 0.1) is 5.82 Å². The molecule has 23 heavy (non-hydrogen) atoms. The summed E-state index contributed by atoms with van der Waals surface area (Å²) in [5.41, 5.74) is 1.34. The maximum atomic E-state index is 13.4. The van der Waals surface area contributed by atoms with Gasteiger partial charge in [0.1, 0.15) is 11.5 Å². The van der Waals surface area contributed by atoms with E-state index in [1.807, 2.05) is 0 Å². The molecule has 0 spiro atoms. The Morgan fingerprint density at radius 2 is 1.96 bits per heavy atom. The molecule has 0 unspecified atom stereocenters. The Balaban J connectivity index is 2.19. The van der Waals surface area contributed by atoms with Crippen LogP contribution in [0.3, 0.4) is 0 Å². The number of halogens is 2. The first-order valence-electron chi connectivity index (χ1n) is 6.85. The Kier molecular flexibility index (Phi) is 3.88. The van der Waals surface area contributed by atoms with Crippen LogP contribution < -0.4 is 5.32 Å². The van der Waals surface area contributed by atoms with E-state index < -0.39 is 11.6 Å². The van der Waals surface area contributed by atoms with Gasteiger partial charge < -0.3 is 10.3 Å². The van der Waals surface area contributed by atoms with Crippen LogP contribution in [-0.4, -0.2) is 16.7 Å². The number of hydrogen-bond acceptors (Lipinski definition) is 2. The van der Waals surface area contributed by atoms with Crippen molar-refractivity contribution >= 4 is 39.9 Å². The van der Waals surface area contributed by atoms with Gasteiger partial charge in [-0.15, -0.1) is 0 Å². The van der Waals surface area contributed by atoms with Gasteiger partial charge in [-0.1, -0.05) is 23.7 Å². The van der Waals surface area contributed by atoms with Crippen molar-refractivity contribution in [1.29, 1.82) is 0 Å². The molecule has 0 bridgehead atoms. The molecule has 4 nitrogen and oxygen atoms in total. The van der Waals surface area contributed by atoms with E-state index in [9.17, 15) is 14.0 Å². The van der Waals surface area contributed by atoms with Crippen LogP contribution in [0.1, 0.15) is 23.0 Å². The zero-order valence-corrected chi connectivity index (χ0v) is 12.9. The highest BCUT2D eigenvalue weighted by Gasteiger charge is 2.20. The predicted molar refractivity (Wildman–Crippen MR) is 87.4 cm³/mol. The molecule has 0 saturated carbocycles. The standard InChI is InChI=1S/C17H12ClFN2O2/c1-9(22)20-15-13-6-5-11(18)8-14(13)21-16(15)17(23)10-3-2-4-12(19)7-10/h2-8,21H,1H3,(H,20,22). The molecule has 2 aromatic carbocycles. The first-order chi connectivity index (χ1) is 11.0. The van der Waals surface area contributed by atoms with Gasteiger partial charge in [-0.05, 0) is 30.3 Å². The fourth-order valence-electron chi connectivity index (χ4n) is 2.42. The van der Waals surface area contributed by atoms with Gasteiger partial charge in [-0.25, -0.2) is 4.39 Å². The normalized spacial score (nSPS) is 10.7. The number of aromatic amines is 1. The maximum absolute atomic E-state index is 13.4. The van der Waals surface area contributed by atoms with E-state index in [1.54, 1.807) is 18.2 Å². The van der Waals surface area contributed by atoms with Crippen molar-refractivity contribution in [1.82, 2.24) is 4.98 Å². The van der Waals surface area contributed by atoms with Gasteiger partial charge in [-0.3, -0.25) is 9.59 Å². The molecule has 3 aromatic rings. The fraction of sp³-hybridized carbons (Fsp3) is 0.0588.